The Hall–Kier alpha value is -2.84. The molecule has 3 N–H and O–H groups in total. The maximum atomic E-state index is 12.0. The molecule has 2 heterocycles. The standard InChI is InChI=1S/C23H35N7O2/c1-23(2,3)32-22(31)25-16-8-10-17(11-9-16)30(4)21-24-13-12-19(27-21)26-20-14-18(28-29-20)15-6-5-7-15/h12-17H,5-11H2,1-4H3,(H,25,31)(H2,24,26,27,28,29)/t16-,17-. The molecule has 0 unspecified atom stereocenters. The molecule has 0 saturated heterocycles. The van der Waals surface area contributed by atoms with E-state index in [1.807, 2.05) is 33.9 Å². The highest BCUT2D eigenvalue weighted by Gasteiger charge is 2.28. The third-order valence-electron chi connectivity index (χ3n) is 6.32. The summed E-state index contributed by atoms with van der Waals surface area (Å²) >= 11 is 0. The van der Waals surface area contributed by atoms with Crippen molar-refractivity contribution < 1.29 is 9.53 Å². The lowest BCUT2D eigenvalue weighted by molar-refractivity contribution is 0.0491. The van der Waals surface area contributed by atoms with Crippen LogP contribution in [0.3, 0.4) is 0 Å². The van der Waals surface area contributed by atoms with Crippen molar-refractivity contribution in [1.29, 1.82) is 0 Å². The van der Waals surface area contributed by atoms with Crippen molar-refractivity contribution in [3.05, 3.63) is 24.0 Å². The van der Waals surface area contributed by atoms with Gasteiger partial charge >= 0.3 is 6.09 Å². The summed E-state index contributed by atoms with van der Waals surface area (Å²) in [5.41, 5.74) is 0.717. The van der Waals surface area contributed by atoms with E-state index < -0.39 is 5.60 Å². The Morgan fingerprint density at radius 2 is 1.91 bits per heavy atom. The van der Waals surface area contributed by atoms with Crippen molar-refractivity contribution in [2.24, 2.45) is 0 Å². The smallest absolute Gasteiger partial charge is 0.407 e. The molecule has 0 aromatic carbocycles. The van der Waals surface area contributed by atoms with Gasteiger partial charge in [-0.1, -0.05) is 6.42 Å². The van der Waals surface area contributed by atoms with Crippen molar-refractivity contribution in [2.45, 2.75) is 89.3 Å². The monoisotopic (exact) mass is 441 g/mol. The van der Waals surface area contributed by atoms with Gasteiger partial charge in [0.2, 0.25) is 5.95 Å². The number of amides is 1. The average Bonchev–Trinajstić information content (AvgIpc) is 3.13. The molecule has 2 aromatic heterocycles. The number of nitrogens with zero attached hydrogens (tertiary/aromatic N) is 4. The molecule has 2 aromatic rings. The zero-order chi connectivity index (χ0) is 22.7. The Morgan fingerprint density at radius 1 is 1.16 bits per heavy atom. The summed E-state index contributed by atoms with van der Waals surface area (Å²) in [7, 11) is 2.04. The molecular formula is C23H35N7O2. The third kappa shape index (κ3) is 5.69. The molecule has 0 atom stereocenters. The van der Waals surface area contributed by atoms with E-state index in [-0.39, 0.29) is 12.1 Å². The van der Waals surface area contributed by atoms with Crippen LogP contribution in [0.1, 0.15) is 77.3 Å². The molecule has 2 saturated carbocycles. The van der Waals surface area contributed by atoms with Crippen LogP contribution in [-0.2, 0) is 4.74 Å². The molecule has 9 nitrogen and oxygen atoms in total. The van der Waals surface area contributed by atoms with Gasteiger partial charge in [-0.05, 0) is 65.4 Å². The minimum absolute atomic E-state index is 0.146. The number of hydrogen-bond donors (Lipinski definition) is 3. The molecule has 0 bridgehead atoms. The molecule has 0 aliphatic heterocycles. The quantitative estimate of drug-likeness (QED) is 0.606. The Balaban J connectivity index is 1.29. The van der Waals surface area contributed by atoms with E-state index in [0.717, 1.165) is 37.3 Å². The molecular weight excluding hydrogens is 406 g/mol. The lowest BCUT2D eigenvalue weighted by atomic mass is 9.83. The Kier molecular flexibility index (Phi) is 6.53. The third-order valence-corrected chi connectivity index (χ3v) is 6.32. The van der Waals surface area contributed by atoms with Crippen LogP contribution in [0, 0.1) is 0 Å². The summed E-state index contributed by atoms with van der Waals surface area (Å²) < 4.78 is 5.38. The molecule has 4 rings (SSSR count). The van der Waals surface area contributed by atoms with E-state index in [0.29, 0.717) is 17.9 Å². The van der Waals surface area contributed by atoms with Crippen molar-refractivity contribution in [3.8, 4) is 0 Å². The minimum atomic E-state index is -0.480. The van der Waals surface area contributed by atoms with Crippen LogP contribution < -0.4 is 15.5 Å². The molecule has 0 radical (unpaired) electrons. The topological polar surface area (TPSA) is 108 Å². The fourth-order valence-corrected chi connectivity index (χ4v) is 4.29. The number of aromatic nitrogens is 4. The van der Waals surface area contributed by atoms with Gasteiger partial charge in [0.1, 0.15) is 11.4 Å². The maximum Gasteiger partial charge on any atom is 0.407 e. The molecule has 1 amide bonds. The first-order chi connectivity index (χ1) is 15.3. The predicted octanol–water partition coefficient (Wildman–Crippen LogP) is 4.48. The molecule has 2 aliphatic carbocycles. The minimum Gasteiger partial charge on any atom is -0.444 e. The Morgan fingerprint density at radius 3 is 2.56 bits per heavy atom. The lowest BCUT2D eigenvalue weighted by Gasteiger charge is -2.35. The number of anilines is 3. The average molecular weight is 442 g/mol. The van der Waals surface area contributed by atoms with Crippen LogP contribution in [0.15, 0.2) is 18.3 Å². The van der Waals surface area contributed by atoms with Gasteiger partial charge in [-0.2, -0.15) is 10.1 Å². The van der Waals surface area contributed by atoms with E-state index in [2.05, 4.69) is 36.8 Å². The van der Waals surface area contributed by atoms with Crippen LogP contribution in [0.25, 0.3) is 0 Å². The molecule has 32 heavy (non-hydrogen) atoms. The first-order valence-corrected chi connectivity index (χ1v) is 11.6. The van der Waals surface area contributed by atoms with E-state index >= 15 is 0 Å². The first-order valence-electron chi connectivity index (χ1n) is 11.6. The van der Waals surface area contributed by atoms with Crippen LogP contribution in [0.4, 0.5) is 22.4 Å². The second-order valence-corrected chi connectivity index (χ2v) is 9.97. The van der Waals surface area contributed by atoms with Crippen LogP contribution in [-0.4, -0.2) is 51.0 Å². The number of aromatic amines is 1. The number of hydrogen-bond acceptors (Lipinski definition) is 7. The van der Waals surface area contributed by atoms with Gasteiger partial charge < -0.3 is 20.3 Å². The molecule has 0 spiro atoms. The van der Waals surface area contributed by atoms with Crippen molar-refractivity contribution >= 4 is 23.7 Å². The van der Waals surface area contributed by atoms with Crippen molar-refractivity contribution in [2.75, 3.05) is 17.3 Å². The number of alkyl carbamates (subject to hydrolysis) is 1. The van der Waals surface area contributed by atoms with E-state index in [1.165, 1.54) is 25.0 Å². The summed E-state index contributed by atoms with van der Waals surface area (Å²) in [6.07, 6.45) is 8.94. The Bertz CT molecular complexity index is 911. The van der Waals surface area contributed by atoms with Crippen LogP contribution in [0.2, 0.25) is 0 Å². The second-order valence-electron chi connectivity index (χ2n) is 9.97. The summed E-state index contributed by atoms with van der Waals surface area (Å²) in [6.45, 7) is 5.63. The van der Waals surface area contributed by atoms with E-state index in [1.54, 1.807) is 6.20 Å². The largest absolute Gasteiger partial charge is 0.444 e. The SMILES string of the molecule is CN(c1nccc(Nc2cc(C3CCC3)[nH]n2)n1)[C@H]1CC[C@H](NC(=O)OC(C)(C)C)CC1. The number of rotatable bonds is 6. The highest BCUT2D eigenvalue weighted by atomic mass is 16.6. The van der Waals surface area contributed by atoms with Gasteiger partial charge in [0.15, 0.2) is 5.82 Å². The van der Waals surface area contributed by atoms with Gasteiger partial charge in [0.05, 0.1) is 0 Å². The summed E-state index contributed by atoms with van der Waals surface area (Å²) in [4.78, 5) is 23.3. The number of carbonyl (C=O) groups is 1. The molecule has 174 valence electrons. The molecule has 9 heteroatoms. The fraction of sp³-hybridized carbons (Fsp3) is 0.652. The van der Waals surface area contributed by atoms with Gasteiger partial charge in [-0.25, -0.2) is 9.78 Å². The fourth-order valence-electron chi connectivity index (χ4n) is 4.29. The number of H-pyrrole nitrogens is 1. The highest BCUT2D eigenvalue weighted by molar-refractivity contribution is 5.68. The molecule has 2 aliphatic rings. The van der Waals surface area contributed by atoms with Gasteiger partial charge in [-0.3, -0.25) is 5.10 Å². The summed E-state index contributed by atoms with van der Waals surface area (Å²) in [6, 6.07) is 4.41. The van der Waals surface area contributed by atoms with Crippen LogP contribution in [0.5, 0.6) is 0 Å². The summed E-state index contributed by atoms with van der Waals surface area (Å²) in [5, 5.41) is 13.8. The van der Waals surface area contributed by atoms with Gasteiger partial charge in [-0.15, -0.1) is 0 Å². The maximum absolute atomic E-state index is 12.0. The highest BCUT2D eigenvalue weighted by Crippen LogP contribution is 2.36. The lowest BCUT2D eigenvalue weighted by Crippen LogP contribution is -2.44. The van der Waals surface area contributed by atoms with Crippen molar-refractivity contribution in [1.82, 2.24) is 25.5 Å². The summed E-state index contributed by atoms with van der Waals surface area (Å²) in [5.74, 6) is 2.82. The first kappa shape index (κ1) is 22.4. The Labute approximate surface area is 189 Å². The number of nitrogens with one attached hydrogen (secondary N) is 3. The zero-order valence-corrected chi connectivity index (χ0v) is 19.5. The van der Waals surface area contributed by atoms with E-state index in [4.69, 9.17) is 9.72 Å². The predicted molar refractivity (Wildman–Crippen MR) is 124 cm³/mol. The van der Waals surface area contributed by atoms with Gasteiger partial charge in [0, 0.05) is 43.0 Å². The van der Waals surface area contributed by atoms with Gasteiger partial charge in [0.25, 0.3) is 0 Å². The zero-order valence-electron chi connectivity index (χ0n) is 19.5. The number of ether oxygens (including phenoxy) is 1. The number of carbonyl (C=O) groups excluding carboxylic acids is 1. The normalized spacial score (nSPS) is 21.5. The van der Waals surface area contributed by atoms with Crippen molar-refractivity contribution in [3.63, 3.8) is 0 Å². The molecule has 2 fully saturated rings. The second kappa shape index (κ2) is 9.34. The van der Waals surface area contributed by atoms with E-state index in [9.17, 15) is 4.79 Å². The van der Waals surface area contributed by atoms with Crippen LogP contribution >= 0.6 is 0 Å².